The fraction of sp³-hybridized carbons (Fsp3) is 0.667. The summed E-state index contributed by atoms with van der Waals surface area (Å²) in [7, 11) is 2.19. The number of anilines is 1. The Kier molecular flexibility index (Phi) is 7.16. The fourth-order valence-electron chi connectivity index (χ4n) is 2.97. The van der Waals surface area contributed by atoms with E-state index >= 15 is 0 Å². The number of rotatable bonds is 8. The Morgan fingerprint density at radius 3 is 2.32 bits per heavy atom. The molecule has 2 rings (SSSR count). The van der Waals surface area contributed by atoms with Crippen LogP contribution in [0.2, 0.25) is 0 Å². The normalized spacial score (nSPS) is 16.5. The summed E-state index contributed by atoms with van der Waals surface area (Å²) in [6, 6.07) is 9.14. The largest absolute Gasteiger partial charge is 0.369 e. The summed E-state index contributed by atoms with van der Waals surface area (Å²) < 4.78 is 0. The van der Waals surface area contributed by atoms with Crippen molar-refractivity contribution >= 4 is 5.69 Å². The summed E-state index contributed by atoms with van der Waals surface area (Å²) >= 11 is 0. The van der Waals surface area contributed by atoms with Gasteiger partial charge in [0, 0.05) is 51.5 Å². The zero-order valence-corrected chi connectivity index (χ0v) is 14.5. The number of hydrogen-bond acceptors (Lipinski definition) is 4. The smallest absolute Gasteiger partial charge is 0.0367 e. The zero-order chi connectivity index (χ0) is 15.8. The molecule has 1 aliphatic heterocycles. The van der Waals surface area contributed by atoms with E-state index in [9.17, 15) is 0 Å². The molecule has 0 radical (unpaired) electrons. The molecule has 22 heavy (non-hydrogen) atoms. The number of hydrogen-bond donors (Lipinski definition) is 1. The van der Waals surface area contributed by atoms with Gasteiger partial charge < -0.3 is 20.0 Å². The van der Waals surface area contributed by atoms with Crippen LogP contribution in [0.5, 0.6) is 0 Å². The van der Waals surface area contributed by atoms with Crippen molar-refractivity contribution in [1.82, 2.24) is 15.1 Å². The van der Waals surface area contributed by atoms with Crippen molar-refractivity contribution < 1.29 is 0 Å². The first-order valence-corrected chi connectivity index (χ1v) is 8.68. The molecule has 1 heterocycles. The Morgan fingerprint density at radius 1 is 1.05 bits per heavy atom. The van der Waals surface area contributed by atoms with E-state index in [-0.39, 0.29) is 0 Å². The van der Waals surface area contributed by atoms with Crippen LogP contribution in [-0.4, -0.2) is 69.2 Å². The number of piperazine rings is 1. The minimum absolute atomic E-state index is 1.02. The van der Waals surface area contributed by atoms with E-state index < -0.39 is 0 Å². The maximum atomic E-state index is 3.37. The van der Waals surface area contributed by atoms with E-state index in [1.807, 2.05) is 0 Å². The molecule has 1 N–H and O–H groups in total. The van der Waals surface area contributed by atoms with Gasteiger partial charge >= 0.3 is 0 Å². The second-order valence-corrected chi connectivity index (χ2v) is 6.18. The Morgan fingerprint density at radius 2 is 1.73 bits per heavy atom. The first-order valence-electron chi connectivity index (χ1n) is 8.68. The van der Waals surface area contributed by atoms with Crippen molar-refractivity contribution in [3.63, 3.8) is 0 Å². The van der Waals surface area contributed by atoms with Crippen LogP contribution in [0, 0.1) is 0 Å². The Bertz CT molecular complexity index is 410. The topological polar surface area (TPSA) is 21.8 Å². The van der Waals surface area contributed by atoms with Gasteiger partial charge in [0.05, 0.1) is 0 Å². The van der Waals surface area contributed by atoms with Gasteiger partial charge in [0.15, 0.2) is 0 Å². The lowest BCUT2D eigenvalue weighted by Crippen LogP contribution is -2.46. The molecule has 1 saturated heterocycles. The van der Waals surface area contributed by atoms with Crippen LogP contribution >= 0.6 is 0 Å². The predicted molar refractivity (Wildman–Crippen MR) is 95.6 cm³/mol. The summed E-state index contributed by atoms with van der Waals surface area (Å²) in [6.07, 6.45) is 0. The molecule has 1 aromatic carbocycles. The van der Waals surface area contributed by atoms with Crippen molar-refractivity contribution in [2.45, 2.75) is 20.4 Å². The van der Waals surface area contributed by atoms with Gasteiger partial charge in [0.2, 0.25) is 0 Å². The second-order valence-electron chi connectivity index (χ2n) is 6.18. The van der Waals surface area contributed by atoms with Crippen molar-refractivity contribution in [2.75, 3.05) is 64.3 Å². The number of nitrogens with one attached hydrogen (secondary N) is 1. The van der Waals surface area contributed by atoms with E-state index in [1.165, 1.54) is 30.9 Å². The molecular formula is C18H32N4. The van der Waals surface area contributed by atoms with E-state index in [4.69, 9.17) is 0 Å². The average Bonchev–Trinajstić information content (AvgIpc) is 2.56. The first kappa shape index (κ1) is 17.3. The number of nitrogens with zero attached hydrogens (tertiary/aromatic N) is 3. The van der Waals surface area contributed by atoms with E-state index in [2.05, 4.69) is 65.2 Å². The molecule has 124 valence electrons. The summed E-state index contributed by atoms with van der Waals surface area (Å²) in [5.74, 6) is 0. The summed E-state index contributed by atoms with van der Waals surface area (Å²) in [4.78, 5) is 7.40. The SMILES string of the molecule is CCNCCN(C)Cc1ccc(N2CCN(CC)CC2)cc1. The first-order chi connectivity index (χ1) is 10.7. The molecule has 4 nitrogen and oxygen atoms in total. The van der Waals surface area contributed by atoms with Gasteiger partial charge in [-0.15, -0.1) is 0 Å². The van der Waals surface area contributed by atoms with Crippen LogP contribution in [0.25, 0.3) is 0 Å². The van der Waals surface area contributed by atoms with Crippen LogP contribution in [0.3, 0.4) is 0 Å². The highest BCUT2D eigenvalue weighted by atomic mass is 15.3. The summed E-state index contributed by atoms with van der Waals surface area (Å²) in [6.45, 7) is 14.5. The lowest BCUT2D eigenvalue weighted by molar-refractivity contribution is 0.271. The quantitative estimate of drug-likeness (QED) is 0.740. The van der Waals surface area contributed by atoms with Crippen LogP contribution in [0.1, 0.15) is 19.4 Å². The summed E-state index contributed by atoms with van der Waals surface area (Å²) in [5.41, 5.74) is 2.77. The van der Waals surface area contributed by atoms with Gasteiger partial charge in [0.25, 0.3) is 0 Å². The molecule has 0 saturated carbocycles. The Hall–Kier alpha value is -1.10. The molecule has 4 heteroatoms. The number of likely N-dealkylation sites (N-methyl/N-ethyl adjacent to an activating group) is 3. The molecule has 1 fully saturated rings. The Balaban J connectivity index is 1.80. The van der Waals surface area contributed by atoms with Gasteiger partial charge in [0.1, 0.15) is 0 Å². The second kappa shape index (κ2) is 9.13. The maximum absolute atomic E-state index is 3.37. The molecule has 0 amide bonds. The third-order valence-corrected chi connectivity index (χ3v) is 4.49. The van der Waals surface area contributed by atoms with Crippen LogP contribution < -0.4 is 10.2 Å². The van der Waals surface area contributed by atoms with E-state index in [1.54, 1.807) is 0 Å². The van der Waals surface area contributed by atoms with Crippen LogP contribution in [0.15, 0.2) is 24.3 Å². The zero-order valence-electron chi connectivity index (χ0n) is 14.5. The minimum Gasteiger partial charge on any atom is -0.369 e. The highest BCUT2D eigenvalue weighted by molar-refractivity contribution is 5.48. The third kappa shape index (κ3) is 5.27. The standard InChI is InChI=1S/C18H32N4/c1-4-19-10-11-20(3)16-17-6-8-18(9-7-17)22-14-12-21(5-2)13-15-22/h6-9,19H,4-5,10-16H2,1-3H3. The highest BCUT2D eigenvalue weighted by Gasteiger charge is 2.15. The Labute approximate surface area is 136 Å². The molecule has 0 bridgehead atoms. The molecule has 0 aliphatic carbocycles. The van der Waals surface area contributed by atoms with Gasteiger partial charge in [-0.25, -0.2) is 0 Å². The molecule has 0 unspecified atom stereocenters. The van der Waals surface area contributed by atoms with Gasteiger partial charge in [-0.2, -0.15) is 0 Å². The minimum atomic E-state index is 1.02. The predicted octanol–water partition coefficient (Wildman–Crippen LogP) is 1.87. The van der Waals surface area contributed by atoms with E-state index in [0.29, 0.717) is 0 Å². The van der Waals surface area contributed by atoms with Crippen molar-refractivity contribution in [2.24, 2.45) is 0 Å². The third-order valence-electron chi connectivity index (χ3n) is 4.49. The highest BCUT2D eigenvalue weighted by Crippen LogP contribution is 2.17. The lowest BCUT2D eigenvalue weighted by Gasteiger charge is -2.35. The van der Waals surface area contributed by atoms with Gasteiger partial charge in [-0.1, -0.05) is 26.0 Å². The van der Waals surface area contributed by atoms with Gasteiger partial charge in [-0.3, -0.25) is 0 Å². The monoisotopic (exact) mass is 304 g/mol. The van der Waals surface area contributed by atoms with Crippen LogP contribution in [-0.2, 0) is 6.54 Å². The van der Waals surface area contributed by atoms with Crippen molar-refractivity contribution in [3.05, 3.63) is 29.8 Å². The maximum Gasteiger partial charge on any atom is 0.0367 e. The molecular weight excluding hydrogens is 272 g/mol. The fourth-order valence-corrected chi connectivity index (χ4v) is 2.97. The molecule has 0 spiro atoms. The lowest BCUT2D eigenvalue weighted by atomic mass is 10.1. The summed E-state index contributed by atoms with van der Waals surface area (Å²) in [5, 5.41) is 3.37. The van der Waals surface area contributed by atoms with Crippen molar-refractivity contribution in [1.29, 1.82) is 0 Å². The molecule has 1 aliphatic rings. The van der Waals surface area contributed by atoms with E-state index in [0.717, 1.165) is 39.3 Å². The van der Waals surface area contributed by atoms with Gasteiger partial charge in [-0.05, 0) is 37.8 Å². The van der Waals surface area contributed by atoms with Crippen LogP contribution in [0.4, 0.5) is 5.69 Å². The average molecular weight is 304 g/mol. The molecule has 1 aromatic rings. The van der Waals surface area contributed by atoms with Crippen molar-refractivity contribution in [3.8, 4) is 0 Å². The molecule has 0 atom stereocenters. The number of benzene rings is 1. The molecule has 0 aromatic heterocycles.